The maximum atomic E-state index is 14.8. The zero-order valence-electron chi connectivity index (χ0n) is 50.5. The van der Waals surface area contributed by atoms with Gasteiger partial charge in [-0.25, -0.2) is 0 Å². The van der Waals surface area contributed by atoms with Crippen molar-refractivity contribution in [2.45, 2.75) is 145 Å². The molecule has 488 valence electrons. The lowest BCUT2D eigenvalue weighted by atomic mass is 9.99. The second-order valence-electron chi connectivity index (χ2n) is 22.4. The van der Waals surface area contributed by atoms with Crippen LogP contribution in [0.25, 0.3) is 0 Å². The molecule has 2 fully saturated rings. The molecule has 2 aliphatic heterocycles. The fourth-order valence-electron chi connectivity index (χ4n) is 10.1. The van der Waals surface area contributed by atoms with E-state index in [9.17, 15) is 63.0 Å². The van der Waals surface area contributed by atoms with Gasteiger partial charge in [-0.3, -0.25) is 62.7 Å². The van der Waals surface area contributed by atoms with Crippen LogP contribution in [-0.4, -0.2) is 179 Å². The van der Waals surface area contributed by atoms with E-state index in [-0.39, 0.29) is 120 Å². The van der Waals surface area contributed by atoms with Gasteiger partial charge in [0.2, 0.25) is 65.0 Å². The number of hydrogen-bond donors (Lipinski definition) is 16. The molecule has 3 aromatic carbocycles. The lowest BCUT2D eigenvalue weighted by Gasteiger charge is -2.30. The van der Waals surface area contributed by atoms with Crippen LogP contribution in [0, 0.1) is 5.92 Å². The van der Waals surface area contributed by atoms with Crippen LogP contribution in [0.15, 0.2) is 94.9 Å². The highest BCUT2D eigenvalue weighted by Crippen LogP contribution is 2.21. The van der Waals surface area contributed by atoms with Crippen molar-refractivity contribution in [1.29, 1.82) is 0 Å². The van der Waals surface area contributed by atoms with Gasteiger partial charge >= 0.3 is 0 Å². The van der Waals surface area contributed by atoms with Gasteiger partial charge in [-0.15, -0.1) is 0 Å². The van der Waals surface area contributed by atoms with E-state index >= 15 is 0 Å². The summed E-state index contributed by atoms with van der Waals surface area (Å²) < 4.78 is 0. The van der Waals surface area contributed by atoms with Gasteiger partial charge in [-0.05, 0) is 86.1 Å². The van der Waals surface area contributed by atoms with E-state index < -0.39 is 127 Å². The predicted molar refractivity (Wildman–Crippen MR) is 330 cm³/mol. The monoisotopic (exact) mass is 1250 g/mol. The van der Waals surface area contributed by atoms with E-state index in [0.29, 0.717) is 23.1 Å². The average molecular weight is 1250 g/mol. The van der Waals surface area contributed by atoms with E-state index in [1.54, 1.807) is 74.5 Å². The van der Waals surface area contributed by atoms with Gasteiger partial charge in [0.25, 0.3) is 0 Å². The molecule has 0 saturated carbocycles. The van der Waals surface area contributed by atoms with E-state index in [2.05, 4.69) is 57.8 Å². The fraction of sp³-hybridized carbons (Fsp3) is 0.483. The maximum absolute atomic E-state index is 14.8. The van der Waals surface area contributed by atoms with E-state index in [1.807, 2.05) is 0 Å². The van der Waals surface area contributed by atoms with Crippen molar-refractivity contribution in [3.05, 3.63) is 102 Å². The highest BCUT2D eigenvalue weighted by Gasteiger charge is 2.40. The topological polar surface area (TPSA) is 495 Å². The maximum Gasteiger partial charge on any atom is 0.245 e. The number of aliphatic hydroxyl groups is 1. The Morgan fingerprint density at radius 3 is 1.50 bits per heavy atom. The summed E-state index contributed by atoms with van der Waals surface area (Å²) >= 11 is 0. The summed E-state index contributed by atoms with van der Waals surface area (Å²) in [4.78, 5) is 161. The fourth-order valence-corrected chi connectivity index (χ4v) is 10.1. The van der Waals surface area contributed by atoms with Gasteiger partial charge in [-0.1, -0.05) is 86.6 Å². The quantitative estimate of drug-likeness (QED) is 0.0151. The number of nitrogens with two attached hydrogens (primary N) is 5. The molecule has 30 nitrogen and oxygen atoms in total. The van der Waals surface area contributed by atoms with Crippen molar-refractivity contribution in [1.82, 2.24) is 52.8 Å². The molecule has 3 aromatic rings. The van der Waals surface area contributed by atoms with Gasteiger partial charge < -0.3 is 91.6 Å². The number of nitrogens with one attached hydrogen (secondary N) is 9. The molecule has 30 heteroatoms. The van der Waals surface area contributed by atoms with Crippen LogP contribution in [0.3, 0.4) is 0 Å². The zero-order chi connectivity index (χ0) is 65.9. The molecular weight excluding hydrogens is 1170 g/mol. The molecule has 0 unspecified atom stereocenters. The Morgan fingerprint density at radius 1 is 0.567 bits per heavy atom. The summed E-state index contributed by atoms with van der Waals surface area (Å²) in [6, 6.07) is 10.8. The lowest BCUT2D eigenvalue weighted by Crippen LogP contribution is -2.61. The number of rotatable bonds is 35. The highest BCUT2D eigenvalue weighted by molar-refractivity contribution is 5.99. The van der Waals surface area contributed by atoms with Crippen LogP contribution in [0.1, 0.15) is 88.3 Å². The minimum absolute atomic E-state index is 0.00406. The summed E-state index contributed by atoms with van der Waals surface area (Å²) in [7, 11) is 0. The molecule has 0 radical (unpaired) electrons. The molecule has 9 atom stereocenters. The number of amides is 11. The Labute approximate surface area is 520 Å². The van der Waals surface area contributed by atoms with Crippen LogP contribution < -0.4 is 76.5 Å². The summed E-state index contributed by atoms with van der Waals surface area (Å²) in [5.74, 6) is -9.24. The molecule has 2 saturated heterocycles. The molecule has 0 spiro atoms. The van der Waals surface area contributed by atoms with Crippen molar-refractivity contribution in [3.63, 3.8) is 0 Å². The summed E-state index contributed by atoms with van der Waals surface area (Å²) in [5, 5.41) is 44.5. The van der Waals surface area contributed by atoms with Crippen molar-refractivity contribution < 1.29 is 63.0 Å². The third kappa shape index (κ3) is 23.7. The number of primary amides is 1. The van der Waals surface area contributed by atoms with E-state index in [0.717, 1.165) is 0 Å². The van der Waals surface area contributed by atoms with Crippen molar-refractivity contribution in [2.75, 3.05) is 32.8 Å². The number of likely N-dealkylation sites (tertiary alicyclic amines) is 1. The van der Waals surface area contributed by atoms with Crippen LogP contribution in [0.5, 0.6) is 5.75 Å². The number of carbonyl (C=O) groups is 11. The molecule has 90 heavy (non-hydrogen) atoms. The Hall–Kier alpha value is -9.87. The molecular formula is C60H85N17O13. The van der Waals surface area contributed by atoms with E-state index in [1.165, 1.54) is 29.2 Å². The largest absolute Gasteiger partial charge is 0.508 e. The number of guanidine groups is 2. The molecule has 2 aliphatic rings. The minimum Gasteiger partial charge on any atom is -0.508 e. The average Bonchev–Trinajstić information content (AvgIpc) is 1.66. The Bertz CT molecular complexity index is 3020. The van der Waals surface area contributed by atoms with Crippen LogP contribution in [0.4, 0.5) is 0 Å². The number of phenols is 1. The van der Waals surface area contributed by atoms with Crippen LogP contribution in [0.2, 0.25) is 0 Å². The number of benzene rings is 3. The van der Waals surface area contributed by atoms with E-state index in [4.69, 9.17) is 28.7 Å². The first-order valence-electron chi connectivity index (χ1n) is 29.8. The molecule has 2 heterocycles. The Kier molecular flexibility index (Phi) is 28.2. The summed E-state index contributed by atoms with van der Waals surface area (Å²) in [5.41, 5.74) is 29.0. The Balaban J connectivity index is 1.40. The first-order chi connectivity index (χ1) is 42.9. The SMILES string of the molecule is CC(C)C[C@H](NC(=O)[C@@H](Cc1ccccc1)NC(=O)[C@H](Cc1ccc(O)cc1)NC(=O)[C@H](CO)NC(=O)[C@H](CCCN=C(N)N)NC(=O)[C@@H](Cc1ccccc1)NC(=O)[C@@H]1CCC(=O)N1)C(=O)N[C@@H](CCCN=C(N)N)C(=O)N1CCC[C@H]1C(=O)NCC(N)=O. The van der Waals surface area contributed by atoms with Gasteiger partial charge in [0.15, 0.2) is 11.9 Å². The first-order valence-corrected chi connectivity index (χ1v) is 29.8. The number of aliphatic hydroxyl groups excluding tert-OH is 1. The van der Waals surface area contributed by atoms with Gasteiger partial charge in [0.05, 0.1) is 13.2 Å². The molecule has 0 bridgehead atoms. The minimum atomic E-state index is -1.79. The zero-order valence-corrected chi connectivity index (χ0v) is 50.5. The standard InChI is InChI=1S/C60H85N17O13/c1-34(2)28-42(52(84)71-41(17-10-26-67-60(64)65)58(90)77-27-11-18-47(77)57(89)68-32-48(61)80)72-54(86)44(30-36-14-7-4-8-15-36)74-55(87)45(31-37-19-21-38(79)22-20-37)75-56(88)46(33-78)76-50(82)39(16-9-25-66-59(62)63)70-53(85)43(29-35-12-5-3-6-13-35)73-51(83)40-23-24-49(81)69-40/h3-8,12-15,19-22,34,39-47,78-79H,9-11,16-18,23-33H2,1-2H3,(H2,61,80)(H,68,89)(H,69,81)(H,70,85)(H,71,84)(H,72,86)(H,73,83)(H,74,87)(H,75,88)(H,76,82)(H4,62,63,66)(H4,64,65,67)/t39-,40-,41-,42-,43+,44+,45-,46-,47-/m0/s1. The number of nitrogens with zero attached hydrogens (tertiary/aromatic N) is 3. The van der Waals surface area contributed by atoms with Gasteiger partial charge in [0, 0.05) is 45.3 Å². The van der Waals surface area contributed by atoms with Gasteiger partial charge in [0.1, 0.15) is 60.1 Å². The Morgan fingerprint density at radius 2 is 1.01 bits per heavy atom. The van der Waals surface area contributed by atoms with Crippen LogP contribution in [-0.2, 0) is 72.0 Å². The number of aliphatic imine (C=N–C) groups is 2. The van der Waals surface area contributed by atoms with Gasteiger partial charge in [-0.2, -0.15) is 0 Å². The second kappa shape index (κ2) is 35.8. The molecule has 5 rings (SSSR count). The molecule has 0 aromatic heterocycles. The number of hydrogen-bond acceptors (Lipinski definition) is 15. The van der Waals surface area contributed by atoms with Crippen molar-refractivity contribution in [3.8, 4) is 5.75 Å². The van der Waals surface area contributed by atoms with Crippen molar-refractivity contribution in [2.24, 2.45) is 44.6 Å². The lowest BCUT2D eigenvalue weighted by molar-refractivity contribution is -0.142. The molecule has 0 aliphatic carbocycles. The van der Waals surface area contributed by atoms with Crippen LogP contribution >= 0.6 is 0 Å². The first kappa shape index (κ1) is 70.9. The summed E-state index contributed by atoms with van der Waals surface area (Å²) in [6.45, 7) is 2.33. The normalized spacial score (nSPS) is 16.6. The summed E-state index contributed by atoms with van der Waals surface area (Å²) in [6.07, 6.45) is 0.721. The third-order valence-electron chi connectivity index (χ3n) is 14.7. The predicted octanol–water partition coefficient (Wildman–Crippen LogP) is -4.17. The van der Waals surface area contributed by atoms with Crippen molar-refractivity contribution >= 4 is 76.9 Å². The smallest absolute Gasteiger partial charge is 0.245 e. The molecule has 21 N–H and O–H groups in total. The molecule has 11 amide bonds. The second-order valence-corrected chi connectivity index (χ2v) is 22.4. The number of aromatic hydroxyl groups is 1. The third-order valence-corrected chi connectivity index (χ3v) is 14.7. The highest BCUT2D eigenvalue weighted by atomic mass is 16.3. The number of carbonyl (C=O) groups excluding carboxylic acids is 11. The number of phenolic OH excluding ortho intramolecular Hbond substituents is 1.